The fraction of sp³-hybridized carbons (Fsp3) is 0.292. The van der Waals surface area contributed by atoms with E-state index in [9.17, 15) is 0 Å². The van der Waals surface area contributed by atoms with Crippen molar-refractivity contribution in [2.24, 2.45) is 0 Å². The zero-order chi connectivity index (χ0) is 20.5. The first kappa shape index (κ1) is 19.7. The van der Waals surface area contributed by atoms with Crippen LogP contribution < -0.4 is 0 Å². The van der Waals surface area contributed by atoms with Gasteiger partial charge in [0, 0.05) is 11.3 Å². The molecule has 1 N–H and O–H groups in total. The molecule has 1 aromatic carbocycles. The van der Waals surface area contributed by atoms with Gasteiger partial charge in [-0.2, -0.15) is 0 Å². The first-order valence-electron chi connectivity index (χ1n) is 9.47. The molecule has 0 aliphatic rings. The number of ether oxygens (including phenoxy) is 1. The summed E-state index contributed by atoms with van der Waals surface area (Å²) in [6.07, 6.45) is 1.95. The predicted molar refractivity (Wildman–Crippen MR) is 115 cm³/mol. The van der Waals surface area contributed by atoms with Crippen molar-refractivity contribution in [2.45, 2.75) is 47.1 Å². The largest absolute Gasteiger partial charge is 0.488 e. The number of aromatic nitrogens is 2. The third-order valence-corrected chi connectivity index (χ3v) is 4.33. The second-order valence-electron chi connectivity index (χ2n) is 7.93. The lowest BCUT2D eigenvalue weighted by molar-refractivity contribution is 0.0627. The van der Waals surface area contributed by atoms with E-state index in [4.69, 9.17) is 14.1 Å². The van der Waals surface area contributed by atoms with Crippen molar-refractivity contribution in [2.75, 3.05) is 0 Å². The lowest BCUT2D eigenvalue weighted by atomic mass is 10.1. The van der Waals surface area contributed by atoms with Gasteiger partial charge in [0.2, 0.25) is 0 Å². The normalized spacial score (nSPS) is 12.3. The van der Waals surface area contributed by atoms with Crippen LogP contribution in [0.15, 0.2) is 59.2 Å². The van der Waals surface area contributed by atoms with Crippen LogP contribution in [0.25, 0.3) is 28.4 Å². The summed E-state index contributed by atoms with van der Waals surface area (Å²) < 4.78 is 12.0. The number of hydrogen-bond acceptors (Lipinski definition) is 3. The Bertz CT molecular complexity index is 1010. The molecule has 2 aromatic heterocycles. The second kappa shape index (κ2) is 7.55. The van der Waals surface area contributed by atoms with E-state index >= 15 is 0 Å². The molecule has 0 spiro atoms. The van der Waals surface area contributed by atoms with Crippen molar-refractivity contribution < 1.29 is 9.15 Å². The smallest absolute Gasteiger partial charge is 0.174 e. The van der Waals surface area contributed by atoms with Crippen LogP contribution >= 0.6 is 0 Å². The Hall–Kier alpha value is -3.01. The van der Waals surface area contributed by atoms with E-state index in [0.29, 0.717) is 23.1 Å². The Morgan fingerprint density at radius 1 is 1.11 bits per heavy atom. The van der Waals surface area contributed by atoms with Gasteiger partial charge in [-0.3, -0.25) is 0 Å². The van der Waals surface area contributed by atoms with Crippen molar-refractivity contribution in [3.63, 3.8) is 0 Å². The summed E-state index contributed by atoms with van der Waals surface area (Å²) in [6, 6.07) is 12.2. The van der Waals surface area contributed by atoms with Gasteiger partial charge < -0.3 is 14.1 Å². The van der Waals surface area contributed by atoms with Gasteiger partial charge in [-0.05, 0) is 53.7 Å². The first-order valence-corrected chi connectivity index (χ1v) is 9.47. The van der Waals surface area contributed by atoms with Crippen LogP contribution in [0.3, 0.4) is 0 Å². The van der Waals surface area contributed by atoms with E-state index in [1.807, 2.05) is 52.8 Å². The summed E-state index contributed by atoms with van der Waals surface area (Å²) >= 11 is 0. The van der Waals surface area contributed by atoms with Crippen LogP contribution in [-0.4, -0.2) is 15.6 Å². The zero-order valence-corrected chi connectivity index (χ0v) is 17.5. The molecule has 28 heavy (non-hydrogen) atoms. The number of nitrogens with zero attached hydrogens (tertiary/aromatic N) is 1. The summed E-state index contributed by atoms with van der Waals surface area (Å²) in [5, 5.41) is 0. The van der Waals surface area contributed by atoms with Gasteiger partial charge in [0.1, 0.15) is 17.1 Å². The molecular formula is C24H28N2O2. The molecule has 0 saturated carbocycles. The standard InChI is InChI=1S/C24H28N2O2/c1-8-19(17(4)28-24(5,6)7)20-13-14-21(27-20)23-25-16(3)22(26-23)18-11-9-15(2)10-12-18/h8-14H,4H2,1-3,5-7H3,(H,25,26)/b19-8+. The lowest BCUT2D eigenvalue weighted by Gasteiger charge is -2.23. The van der Waals surface area contributed by atoms with Crippen LogP contribution in [0.4, 0.5) is 0 Å². The summed E-state index contributed by atoms with van der Waals surface area (Å²) in [5.41, 5.74) is 4.76. The fourth-order valence-electron chi connectivity index (χ4n) is 3.04. The number of aryl methyl sites for hydroxylation is 2. The van der Waals surface area contributed by atoms with Gasteiger partial charge in [0.15, 0.2) is 11.6 Å². The summed E-state index contributed by atoms with van der Waals surface area (Å²) in [6.45, 7) is 16.1. The molecule has 146 valence electrons. The second-order valence-corrected chi connectivity index (χ2v) is 7.93. The van der Waals surface area contributed by atoms with Gasteiger partial charge in [-0.1, -0.05) is 42.5 Å². The maximum atomic E-state index is 6.08. The van der Waals surface area contributed by atoms with Crippen molar-refractivity contribution in [3.05, 3.63) is 71.8 Å². The third-order valence-electron chi connectivity index (χ3n) is 4.33. The van der Waals surface area contributed by atoms with Crippen molar-refractivity contribution in [3.8, 4) is 22.8 Å². The SMILES string of the molecule is C=C(OC(C)(C)C)/C(=C\C)c1ccc(-c2nc(-c3ccc(C)cc3)c(C)[nH]2)o1. The number of nitrogens with one attached hydrogen (secondary N) is 1. The maximum absolute atomic E-state index is 6.08. The van der Waals surface area contributed by atoms with Gasteiger partial charge in [0.05, 0.1) is 11.3 Å². The third kappa shape index (κ3) is 4.28. The highest BCUT2D eigenvalue weighted by Crippen LogP contribution is 2.32. The number of aromatic amines is 1. The number of benzene rings is 1. The van der Waals surface area contributed by atoms with E-state index in [2.05, 4.69) is 42.8 Å². The van der Waals surface area contributed by atoms with E-state index in [-0.39, 0.29) is 5.60 Å². The minimum Gasteiger partial charge on any atom is -0.488 e. The molecule has 0 radical (unpaired) electrons. The number of H-pyrrole nitrogens is 1. The molecule has 4 nitrogen and oxygen atoms in total. The van der Waals surface area contributed by atoms with Crippen LogP contribution in [0, 0.1) is 13.8 Å². The molecule has 0 fully saturated rings. The number of allylic oxidation sites excluding steroid dienone is 2. The monoisotopic (exact) mass is 376 g/mol. The van der Waals surface area contributed by atoms with Gasteiger partial charge in [0.25, 0.3) is 0 Å². The van der Waals surface area contributed by atoms with Gasteiger partial charge in [-0.25, -0.2) is 4.98 Å². The maximum Gasteiger partial charge on any atom is 0.174 e. The highest BCUT2D eigenvalue weighted by molar-refractivity contribution is 5.75. The summed E-state index contributed by atoms with van der Waals surface area (Å²) in [4.78, 5) is 8.09. The molecule has 3 rings (SSSR count). The minimum atomic E-state index is -0.318. The molecule has 0 saturated heterocycles. The first-order chi connectivity index (χ1) is 13.2. The van der Waals surface area contributed by atoms with Crippen LogP contribution in [-0.2, 0) is 4.74 Å². The average molecular weight is 377 g/mol. The van der Waals surface area contributed by atoms with E-state index in [1.165, 1.54) is 5.56 Å². The number of hydrogen-bond donors (Lipinski definition) is 1. The highest BCUT2D eigenvalue weighted by atomic mass is 16.5. The fourth-order valence-corrected chi connectivity index (χ4v) is 3.04. The Morgan fingerprint density at radius 3 is 2.39 bits per heavy atom. The molecular weight excluding hydrogens is 348 g/mol. The molecule has 0 aliphatic heterocycles. The summed E-state index contributed by atoms with van der Waals surface area (Å²) in [5.74, 6) is 2.68. The zero-order valence-electron chi connectivity index (χ0n) is 17.5. The van der Waals surface area contributed by atoms with E-state index < -0.39 is 0 Å². The number of imidazole rings is 1. The topological polar surface area (TPSA) is 51.0 Å². The number of furan rings is 1. The minimum absolute atomic E-state index is 0.318. The van der Waals surface area contributed by atoms with Crippen LogP contribution in [0.2, 0.25) is 0 Å². The molecule has 2 heterocycles. The van der Waals surface area contributed by atoms with Crippen molar-refractivity contribution in [1.29, 1.82) is 0 Å². The van der Waals surface area contributed by atoms with Gasteiger partial charge >= 0.3 is 0 Å². The Morgan fingerprint density at radius 2 is 1.79 bits per heavy atom. The summed E-state index contributed by atoms with van der Waals surface area (Å²) in [7, 11) is 0. The van der Waals surface area contributed by atoms with Crippen LogP contribution in [0.1, 0.15) is 44.7 Å². The molecule has 0 aliphatic carbocycles. The van der Waals surface area contributed by atoms with E-state index in [0.717, 1.165) is 22.5 Å². The molecule has 0 amide bonds. The van der Waals surface area contributed by atoms with Crippen molar-refractivity contribution >= 4 is 5.57 Å². The molecule has 3 aromatic rings. The Labute approximate surface area is 167 Å². The molecule has 0 bridgehead atoms. The van der Waals surface area contributed by atoms with Gasteiger partial charge in [-0.15, -0.1) is 0 Å². The highest BCUT2D eigenvalue weighted by Gasteiger charge is 2.19. The van der Waals surface area contributed by atoms with E-state index in [1.54, 1.807) is 0 Å². The Kier molecular flexibility index (Phi) is 5.32. The van der Waals surface area contributed by atoms with Crippen molar-refractivity contribution in [1.82, 2.24) is 9.97 Å². The average Bonchev–Trinajstić information content (AvgIpc) is 3.22. The lowest BCUT2D eigenvalue weighted by Crippen LogP contribution is -2.18. The Balaban J connectivity index is 1.89. The predicted octanol–water partition coefficient (Wildman–Crippen LogP) is 6.69. The molecule has 0 unspecified atom stereocenters. The number of rotatable bonds is 5. The quantitative estimate of drug-likeness (QED) is 0.399. The van der Waals surface area contributed by atoms with Crippen LogP contribution in [0.5, 0.6) is 0 Å². The molecule has 0 atom stereocenters. The molecule has 4 heteroatoms.